The van der Waals surface area contributed by atoms with Gasteiger partial charge in [-0.1, -0.05) is 11.8 Å². The summed E-state index contributed by atoms with van der Waals surface area (Å²) in [6.07, 6.45) is -0.295. The van der Waals surface area contributed by atoms with Gasteiger partial charge in [0.1, 0.15) is 29.1 Å². The van der Waals surface area contributed by atoms with Crippen LogP contribution in [0.1, 0.15) is 24.9 Å². The smallest absolute Gasteiger partial charge is 0.226 e. The zero-order valence-corrected chi connectivity index (χ0v) is 14.3. The summed E-state index contributed by atoms with van der Waals surface area (Å²) in [6.45, 7) is 3.43. The summed E-state index contributed by atoms with van der Waals surface area (Å²) < 4.78 is 12.6. The van der Waals surface area contributed by atoms with E-state index in [2.05, 4.69) is 25.1 Å². The number of nitrogens with zero attached hydrogens (tertiary/aromatic N) is 6. The van der Waals surface area contributed by atoms with Gasteiger partial charge in [0, 0.05) is 6.92 Å². The molecule has 0 aromatic carbocycles. The van der Waals surface area contributed by atoms with E-state index >= 15 is 0 Å². The molecular weight excluding hydrogens is 348 g/mol. The van der Waals surface area contributed by atoms with Crippen LogP contribution in [0.15, 0.2) is 22.1 Å². The molecule has 4 heterocycles. The third-order valence-electron chi connectivity index (χ3n) is 3.98. The molecule has 3 aromatic rings. The lowest BCUT2D eigenvalue weighted by Gasteiger charge is -2.16. The first-order chi connectivity index (χ1) is 12.0. The van der Waals surface area contributed by atoms with Crippen molar-refractivity contribution in [3.63, 3.8) is 0 Å². The molecule has 1 aliphatic heterocycles. The Morgan fingerprint density at radius 3 is 2.72 bits per heavy atom. The summed E-state index contributed by atoms with van der Waals surface area (Å²) >= 11 is 1.40. The minimum Gasteiger partial charge on any atom is -0.425 e. The van der Waals surface area contributed by atoms with E-state index in [1.165, 1.54) is 24.4 Å². The van der Waals surface area contributed by atoms with Gasteiger partial charge in [-0.25, -0.2) is 15.0 Å². The molecule has 4 rings (SSSR count). The molecule has 1 fully saturated rings. The molecule has 1 aliphatic rings. The van der Waals surface area contributed by atoms with Crippen LogP contribution >= 0.6 is 11.8 Å². The van der Waals surface area contributed by atoms with Gasteiger partial charge in [-0.2, -0.15) is 0 Å². The van der Waals surface area contributed by atoms with E-state index < -0.39 is 24.5 Å². The summed E-state index contributed by atoms with van der Waals surface area (Å²) in [5.41, 5.74) is 1.10. The third-order valence-corrected chi connectivity index (χ3v) is 4.94. The van der Waals surface area contributed by atoms with Gasteiger partial charge < -0.3 is 19.4 Å². The third kappa shape index (κ3) is 2.88. The molecular formula is C14H16N6O4S. The SMILES string of the molecule is Cc1nnc(CSc2ncnc3c2ncn3[C@@H]2O[C@H](C)[C@@H](O)[C@H]2O)o1. The van der Waals surface area contributed by atoms with E-state index in [0.717, 1.165) is 0 Å². The molecule has 132 valence electrons. The average molecular weight is 364 g/mol. The molecule has 0 amide bonds. The summed E-state index contributed by atoms with van der Waals surface area (Å²) in [5.74, 6) is 1.46. The number of hydrogen-bond acceptors (Lipinski definition) is 10. The van der Waals surface area contributed by atoms with E-state index in [-0.39, 0.29) is 0 Å². The minimum absolute atomic E-state index is 0.456. The molecule has 0 saturated carbocycles. The predicted molar refractivity (Wildman–Crippen MR) is 85.5 cm³/mol. The Kier molecular flexibility index (Phi) is 4.15. The molecule has 0 bridgehead atoms. The van der Waals surface area contributed by atoms with Gasteiger partial charge in [0.15, 0.2) is 11.9 Å². The average Bonchev–Trinajstić information content (AvgIpc) is 3.28. The van der Waals surface area contributed by atoms with Gasteiger partial charge in [-0.15, -0.1) is 10.2 Å². The van der Waals surface area contributed by atoms with Gasteiger partial charge in [-0.3, -0.25) is 4.57 Å². The predicted octanol–water partition coefficient (Wildman–Crippen LogP) is 0.449. The fourth-order valence-electron chi connectivity index (χ4n) is 2.71. The number of aliphatic hydroxyl groups excluding tert-OH is 2. The van der Waals surface area contributed by atoms with Gasteiger partial charge >= 0.3 is 0 Å². The van der Waals surface area contributed by atoms with Crippen LogP contribution in [-0.4, -0.2) is 58.2 Å². The number of aromatic nitrogens is 6. The second-order valence-corrected chi connectivity index (χ2v) is 6.68. The summed E-state index contributed by atoms with van der Waals surface area (Å²) in [6, 6.07) is 0. The van der Waals surface area contributed by atoms with E-state index in [4.69, 9.17) is 9.15 Å². The lowest BCUT2D eigenvalue weighted by molar-refractivity contribution is -0.0299. The highest BCUT2D eigenvalue weighted by molar-refractivity contribution is 7.98. The number of thioether (sulfide) groups is 1. The van der Waals surface area contributed by atoms with Gasteiger partial charge in [-0.05, 0) is 6.92 Å². The molecule has 0 aliphatic carbocycles. The van der Waals surface area contributed by atoms with Crippen LogP contribution < -0.4 is 0 Å². The monoisotopic (exact) mass is 364 g/mol. The Balaban J connectivity index is 1.62. The van der Waals surface area contributed by atoms with Crippen molar-refractivity contribution in [2.24, 2.45) is 0 Å². The maximum absolute atomic E-state index is 10.2. The van der Waals surface area contributed by atoms with E-state index in [1.807, 2.05) is 0 Å². The van der Waals surface area contributed by atoms with E-state index in [0.29, 0.717) is 33.7 Å². The normalized spacial score (nSPS) is 26.6. The lowest BCUT2D eigenvalue weighted by atomic mass is 10.1. The van der Waals surface area contributed by atoms with Crippen molar-refractivity contribution >= 4 is 22.9 Å². The molecule has 11 heteroatoms. The molecule has 4 atom stereocenters. The number of rotatable bonds is 4. The van der Waals surface area contributed by atoms with Crippen LogP contribution in [0, 0.1) is 6.92 Å². The topological polar surface area (TPSA) is 132 Å². The molecule has 0 radical (unpaired) electrons. The fourth-order valence-corrected chi connectivity index (χ4v) is 3.48. The maximum Gasteiger partial charge on any atom is 0.226 e. The second-order valence-electron chi connectivity index (χ2n) is 5.72. The first-order valence-corrected chi connectivity index (χ1v) is 8.64. The standard InChI is InChI=1S/C14H16N6O4S/c1-6-10(21)11(22)14(23-6)20-5-17-9-12(20)15-4-16-13(9)25-3-8-19-18-7(2)24-8/h4-6,10-11,14,21-22H,3H2,1-2H3/t6-,10-,11-,14-/m1/s1. The number of aliphatic hydroxyl groups is 2. The first-order valence-electron chi connectivity index (χ1n) is 7.65. The molecule has 25 heavy (non-hydrogen) atoms. The summed E-state index contributed by atoms with van der Waals surface area (Å²) in [5, 5.41) is 28.5. The molecule has 2 N–H and O–H groups in total. The van der Waals surface area contributed by atoms with Crippen LogP contribution in [-0.2, 0) is 10.5 Å². The molecule has 10 nitrogen and oxygen atoms in total. The first kappa shape index (κ1) is 16.4. The molecule has 3 aromatic heterocycles. The van der Waals surface area contributed by atoms with Crippen molar-refractivity contribution in [2.75, 3.05) is 0 Å². The fraction of sp³-hybridized carbons (Fsp3) is 0.500. The van der Waals surface area contributed by atoms with E-state index in [9.17, 15) is 10.2 Å². The number of hydrogen-bond donors (Lipinski definition) is 2. The Morgan fingerprint density at radius 2 is 2.04 bits per heavy atom. The Hall–Kier alpha value is -2.08. The van der Waals surface area contributed by atoms with Gasteiger partial charge in [0.2, 0.25) is 11.8 Å². The minimum atomic E-state index is -1.06. The highest BCUT2D eigenvalue weighted by atomic mass is 32.2. The molecule has 1 saturated heterocycles. The number of fused-ring (bicyclic) bond motifs is 1. The highest BCUT2D eigenvalue weighted by Crippen LogP contribution is 2.33. The van der Waals surface area contributed by atoms with Crippen LogP contribution in [0.2, 0.25) is 0 Å². The molecule has 0 unspecified atom stereocenters. The van der Waals surface area contributed by atoms with E-state index in [1.54, 1.807) is 18.4 Å². The largest absolute Gasteiger partial charge is 0.425 e. The van der Waals surface area contributed by atoms with Gasteiger partial charge in [0.05, 0.1) is 18.2 Å². The summed E-state index contributed by atoms with van der Waals surface area (Å²) in [7, 11) is 0. The van der Waals surface area contributed by atoms with Crippen LogP contribution in [0.3, 0.4) is 0 Å². The second kappa shape index (κ2) is 6.33. The van der Waals surface area contributed by atoms with Crippen LogP contribution in [0.25, 0.3) is 11.2 Å². The van der Waals surface area contributed by atoms with Crippen molar-refractivity contribution in [2.45, 2.75) is 49.2 Å². The Morgan fingerprint density at radius 1 is 1.20 bits per heavy atom. The quantitative estimate of drug-likeness (QED) is 0.496. The number of ether oxygens (including phenoxy) is 1. The molecule has 0 spiro atoms. The Bertz CT molecular complexity index is 898. The van der Waals surface area contributed by atoms with Crippen LogP contribution in [0.4, 0.5) is 0 Å². The van der Waals surface area contributed by atoms with Crippen LogP contribution in [0.5, 0.6) is 0 Å². The lowest BCUT2D eigenvalue weighted by Crippen LogP contribution is -2.30. The zero-order chi connectivity index (χ0) is 17.6. The van der Waals surface area contributed by atoms with Crippen molar-refractivity contribution in [1.82, 2.24) is 29.7 Å². The summed E-state index contributed by atoms with van der Waals surface area (Å²) in [4.78, 5) is 12.8. The highest BCUT2D eigenvalue weighted by Gasteiger charge is 2.42. The van der Waals surface area contributed by atoms with Crippen molar-refractivity contribution in [3.8, 4) is 0 Å². The number of aryl methyl sites for hydroxylation is 1. The number of imidazole rings is 1. The van der Waals surface area contributed by atoms with Crippen molar-refractivity contribution in [3.05, 3.63) is 24.4 Å². The van der Waals surface area contributed by atoms with Crippen molar-refractivity contribution in [1.29, 1.82) is 0 Å². The zero-order valence-electron chi connectivity index (χ0n) is 13.5. The van der Waals surface area contributed by atoms with Gasteiger partial charge in [0.25, 0.3) is 0 Å². The van der Waals surface area contributed by atoms with Crippen molar-refractivity contribution < 1.29 is 19.4 Å². The maximum atomic E-state index is 10.2. The Labute approximate surface area is 146 Å².